The van der Waals surface area contributed by atoms with Crippen molar-refractivity contribution in [3.63, 3.8) is 0 Å². The van der Waals surface area contributed by atoms with Crippen molar-refractivity contribution in [2.24, 2.45) is 10.1 Å². The first kappa shape index (κ1) is 13.5. The molecule has 1 aromatic carbocycles. The molecule has 7 heteroatoms. The number of nitrogens with zero attached hydrogens (tertiary/aromatic N) is 2. The molecule has 0 aromatic heterocycles. The second-order valence-corrected chi connectivity index (χ2v) is 4.20. The molecule has 0 fully saturated rings. The fourth-order valence-corrected chi connectivity index (χ4v) is 1.78. The Balaban J connectivity index is 3.41. The number of benzene rings is 1. The van der Waals surface area contributed by atoms with E-state index in [9.17, 15) is 4.21 Å². The predicted molar refractivity (Wildman–Crippen MR) is 71.8 cm³/mol. The molecule has 17 heavy (non-hydrogen) atoms. The largest absolute Gasteiger partial charge is 0.387 e. The standard InChI is InChI=1S/C10H16N4O2S/c1-12-7-5-4-6-8(14(2)3)9(7)10(11)13-17(15)16/h4-6,12H,1-3H3,(H2,11,13)(H,15,16). The Bertz CT molecular complexity index is 460. The third-order valence-corrected chi connectivity index (χ3v) is 2.58. The van der Waals surface area contributed by atoms with E-state index >= 15 is 0 Å². The molecule has 0 saturated carbocycles. The molecule has 6 nitrogen and oxygen atoms in total. The lowest BCUT2D eigenvalue weighted by Gasteiger charge is -2.19. The van der Waals surface area contributed by atoms with Gasteiger partial charge in [0.15, 0.2) is 0 Å². The third kappa shape index (κ3) is 3.18. The lowest BCUT2D eigenvalue weighted by atomic mass is 10.1. The molecule has 0 amide bonds. The van der Waals surface area contributed by atoms with Crippen molar-refractivity contribution >= 4 is 28.5 Å². The van der Waals surface area contributed by atoms with Crippen LogP contribution < -0.4 is 16.0 Å². The van der Waals surface area contributed by atoms with Gasteiger partial charge >= 0.3 is 0 Å². The zero-order chi connectivity index (χ0) is 13.0. The lowest BCUT2D eigenvalue weighted by Crippen LogP contribution is -2.21. The number of rotatable bonds is 4. The summed E-state index contributed by atoms with van der Waals surface area (Å²) in [7, 11) is 5.48. The number of anilines is 2. The van der Waals surface area contributed by atoms with Crippen LogP contribution in [0.3, 0.4) is 0 Å². The summed E-state index contributed by atoms with van der Waals surface area (Å²) >= 11 is -2.31. The van der Waals surface area contributed by atoms with Crippen molar-refractivity contribution in [2.45, 2.75) is 0 Å². The Morgan fingerprint density at radius 2 is 2.18 bits per heavy atom. The van der Waals surface area contributed by atoms with Gasteiger partial charge in [-0.1, -0.05) is 6.07 Å². The molecule has 0 spiro atoms. The maximum Gasteiger partial charge on any atom is 0.283 e. The Hall–Kier alpha value is -1.60. The van der Waals surface area contributed by atoms with Gasteiger partial charge in [-0.25, -0.2) is 4.21 Å². The van der Waals surface area contributed by atoms with Crippen LogP contribution in [-0.4, -0.2) is 35.7 Å². The SMILES string of the molecule is CNc1cccc(N(C)C)c1C(N)=NS(=O)O. The summed E-state index contributed by atoms with van der Waals surface area (Å²) in [6.45, 7) is 0. The minimum Gasteiger partial charge on any atom is -0.387 e. The predicted octanol–water partition coefficient (Wildman–Crippen LogP) is 0.636. The van der Waals surface area contributed by atoms with Crippen molar-refractivity contribution < 1.29 is 8.76 Å². The van der Waals surface area contributed by atoms with Crippen LogP contribution in [0.5, 0.6) is 0 Å². The number of hydrogen-bond donors (Lipinski definition) is 3. The number of nitrogens with two attached hydrogens (primary N) is 1. The quantitative estimate of drug-likeness (QED) is 0.418. The van der Waals surface area contributed by atoms with Gasteiger partial charge in [-0.15, -0.1) is 4.40 Å². The van der Waals surface area contributed by atoms with Gasteiger partial charge in [-0.2, -0.15) is 0 Å². The van der Waals surface area contributed by atoms with Gasteiger partial charge in [0.05, 0.1) is 5.56 Å². The lowest BCUT2D eigenvalue weighted by molar-refractivity contribution is 0.566. The first-order chi connectivity index (χ1) is 7.97. The summed E-state index contributed by atoms with van der Waals surface area (Å²) in [4.78, 5) is 1.86. The fourth-order valence-electron chi connectivity index (χ4n) is 1.52. The molecule has 4 N–H and O–H groups in total. The molecule has 0 radical (unpaired) electrons. The first-order valence-electron chi connectivity index (χ1n) is 4.91. The first-order valence-corrected chi connectivity index (χ1v) is 5.97. The van der Waals surface area contributed by atoms with Crippen LogP contribution in [-0.2, 0) is 11.3 Å². The van der Waals surface area contributed by atoms with Crippen LogP contribution in [0.25, 0.3) is 0 Å². The maximum absolute atomic E-state index is 10.7. The van der Waals surface area contributed by atoms with Gasteiger partial charge in [0.25, 0.3) is 11.3 Å². The van der Waals surface area contributed by atoms with Crippen molar-refractivity contribution in [2.75, 3.05) is 31.4 Å². The minimum atomic E-state index is -2.31. The Kier molecular flexibility index (Phi) is 4.47. The molecule has 94 valence electrons. The van der Waals surface area contributed by atoms with E-state index in [0.29, 0.717) is 5.56 Å². The number of nitrogens with one attached hydrogen (secondary N) is 1. The minimum absolute atomic E-state index is 0.0273. The average molecular weight is 256 g/mol. The van der Waals surface area contributed by atoms with E-state index in [-0.39, 0.29) is 5.84 Å². The van der Waals surface area contributed by atoms with Crippen molar-refractivity contribution in [3.8, 4) is 0 Å². The van der Waals surface area contributed by atoms with Gasteiger partial charge in [-0.3, -0.25) is 4.55 Å². The van der Waals surface area contributed by atoms with Crippen LogP contribution in [0.4, 0.5) is 11.4 Å². The molecular weight excluding hydrogens is 240 g/mol. The van der Waals surface area contributed by atoms with Crippen LogP contribution in [0.2, 0.25) is 0 Å². The van der Waals surface area contributed by atoms with Gasteiger partial charge in [-0.05, 0) is 12.1 Å². The van der Waals surface area contributed by atoms with Crippen molar-refractivity contribution in [3.05, 3.63) is 23.8 Å². The fraction of sp³-hybridized carbons (Fsp3) is 0.300. The summed E-state index contributed by atoms with van der Waals surface area (Å²) in [5.74, 6) is 0.0273. The number of amidine groups is 1. The second kappa shape index (κ2) is 5.65. The zero-order valence-corrected chi connectivity index (χ0v) is 10.8. The highest BCUT2D eigenvalue weighted by Gasteiger charge is 2.13. The van der Waals surface area contributed by atoms with E-state index in [2.05, 4.69) is 9.71 Å². The van der Waals surface area contributed by atoms with E-state index in [1.54, 1.807) is 7.05 Å². The van der Waals surface area contributed by atoms with Gasteiger partial charge < -0.3 is 16.0 Å². The van der Waals surface area contributed by atoms with Crippen LogP contribution >= 0.6 is 0 Å². The Morgan fingerprint density at radius 1 is 1.53 bits per heavy atom. The summed E-state index contributed by atoms with van der Waals surface area (Å²) in [5.41, 5.74) is 7.93. The molecule has 0 aliphatic heterocycles. The summed E-state index contributed by atoms with van der Waals surface area (Å²) < 4.78 is 22.9. The molecule has 0 aliphatic carbocycles. The van der Waals surface area contributed by atoms with Gasteiger partial charge in [0.2, 0.25) is 0 Å². The van der Waals surface area contributed by atoms with E-state index < -0.39 is 11.3 Å². The summed E-state index contributed by atoms with van der Waals surface area (Å²) in [6.07, 6.45) is 0. The molecule has 1 atom stereocenters. The molecule has 0 heterocycles. The third-order valence-electron chi connectivity index (χ3n) is 2.23. The smallest absolute Gasteiger partial charge is 0.283 e. The highest BCUT2D eigenvalue weighted by molar-refractivity contribution is 7.78. The Morgan fingerprint density at radius 3 is 2.65 bits per heavy atom. The summed E-state index contributed by atoms with van der Waals surface area (Å²) in [6, 6.07) is 5.55. The second-order valence-electron chi connectivity index (χ2n) is 3.55. The van der Waals surface area contributed by atoms with E-state index in [0.717, 1.165) is 11.4 Å². The molecule has 1 aromatic rings. The highest BCUT2D eigenvalue weighted by Crippen LogP contribution is 2.26. The van der Waals surface area contributed by atoms with Gasteiger partial charge in [0, 0.05) is 32.5 Å². The zero-order valence-electron chi connectivity index (χ0n) is 9.97. The van der Waals surface area contributed by atoms with E-state index in [1.807, 2.05) is 37.2 Å². The normalized spacial score (nSPS) is 13.3. The monoisotopic (exact) mass is 256 g/mol. The van der Waals surface area contributed by atoms with E-state index in [1.165, 1.54) is 0 Å². The molecule has 1 rings (SSSR count). The van der Waals surface area contributed by atoms with E-state index in [4.69, 9.17) is 10.3 Å². The molecule has 0 bridgehead atoms. The van der Waals surface area contributed by atoms with Gasteiger partial charge in [0.1, 0.15) is 5.84 Å². The number of hydrogen-bond acceptors (Lipinski definition) is 3. The topological polar surface area (TPSA) is 91.0 Å². The van der Waals surface area contributed by atoms with Crippen molar-refractivity contribution in [1.82, 2.24) is 0 Å². The Labute approximate surface area is 103 Å². The molecule has 0 aliphatic rings. The van der Waals surface area contributed by atoms with Crippen LogP contribution in [0.15, 0.2) is 22.6 Å². The molecule has 1 unspecified atom stereocenters. The van der Waals surface area contributed by atoms with Crippen molar-refractivity contribution in [1.29, 1.82) is 0 Å². The molecule has 0 saturated heterocycles. The summed E-state index contributed by atoms with van der Waals surface area (Å²) in [5, 5.41) is 2.98. The highest BCUT2D eigenvalue weighted by atomic mass is 32.2. The molecular formula is C10H16N4O2S. The van der Waals surface area contributed by atoms with Crippen LogP contribution in [0, 0.1) is 0 Å². The average Bonchev–Trinajstić information content (AvgIpc) is 2.26. The maximum atomic E-state index is 10.7. The van der Waals surface area contributed by atoms with Crippen LogP contribution in [0.1, 0.15) is 5.56 Å².